The summed E-state index contributed by atoms with van der Waals surface area (Å²) in [6.45, 7) is 0. The number of aliphatic hydroxyl groups excluding tert-OH is 1. The molecule has 8 nitrogen and oxygen atoms in total. The molecular weight excluding hydrogens is 338 g/mol. The number of nitrogens with zero attached hydrogens (tertiary/aromatic N) is 2. The van der Waals surface area contributed by atoms with Crippen LogP contribution in [0, 0.1) is 0 Å². The third-order valence-corrected chi connectivity index (χ3v) is 6.95. The third kappa shape index (κ3) is 2.79. The van der Waals surface area contributed by atoms with Gasteiger partial charge in [-0.1, -0.05) is 6.07 Å². The monoisotopic (exact) mass is 349 g/mol. The molecule has 0 radical (unpaired) electrons. The van der Waals surface area contributed by atoms with Gasteiger partial charge in [0.15, 0.2) is 9.84 Å². The minimum absolute atomic E-state index is 0.0785. The van der Waals surface area contributed by atoms with Gasteiger partial charge in [0.05, 0.1) is 35.4 Å². The molecule has 114 valence electrons. The van der Waals surface area contributed by atoms with Gasteiger partial charge >= 0.3 is 0 Å². The van der Waals surface area contributed by atoms with E-state index in [-0.39, 0.29) is 10.4 Å². The maximum atomic E-state index is 12.4. The van der Waals surface area contributed by atoms with Crippen molar-refractivity contribution < 1.29 is 21.9 Å². The Kier molecular flexibility index (Phi) is 3.48. The van der Waals surface area contributed by atoms with E-state index in [0.717, 1.165) is 11.7 Å². The molecule has 0 saturated carbocycles. The van der Waals surface area contributed by atoms with Crippen molar-refractivity contribution in [3.8, 4) is 0 Å². The lowest BCUT2D eigenvalue weighted by Gasteiger charge is -2.15. The van der Waals surface area contributed by atoms with Gasteiger partial charge in [0.2, 0.25) is 10.0 Å². The summed E-state index contributed by atoms with van der Waals surface area (Å²) in [5.41, 5.74) is 0.674. The van der Waals surface area contributed by atoms with E-state index in [1.165, 1.54) is 12.1 Å². The van der Waals surface area contributed by atoms with Crippen LogP contribution in [0.5, 0.6) is 0 Å². The predicted molar refractivity (Wildman–Crippen MR) is 76.2 cm³/mol. The van der Waals surface area contributed by atoms with Crippen molar-refractivity contribution in [1.29, 1.82) is 0 Å². The zero-order valence-corrected chi connectivity index (χ0v) is 12.9. The fraction of sp³-hybridized carbons (Fsp3) is 0.400. The molecule has 0 unspecified atom stereocenters. The molecule has 0 aliphatic carbocycles. The topological polar surface area (TPSA) is 126 Å². The van der Waals surface area contributed by atoms with E-state index < -0.39 is 43.5 Å². The molecule has 2 N–H and O–H groups in total. The van der Waals surface area contributed by atoms with Crippen molar-refractivity contribution in [2.75, 3.05) is 11.5 Å². The Hall–Kier alpha value is -1.14. The van der Waals surface area contributed by atoms with Crippen molar-refractivity contribution in [1.82, 2.24) is 13.5 Å². The van der Waals surface area contributed by atoms with Crippen LogP contribution in [-0.4, -0.2) is 54.3 Å². The van der Waals surface area contributed by atoms with E-state index in [0.29, 0.717) is 5.52 Å². The summed E-state index contributed by atoms with van der Waals surface area (Å²) in [7, 11) is -7.43. The highest BCUT2D eigenvalue weighted by atomic mass is 32.2. The van der Waals surface area contributed by atoms with E-state index in [1.54, 1.807) is 6.07 Å². The minimum atomic E-state index is -3.99. The normalized spacial score (nSPS) is 25.4. The Bertz CT molecular complexity index is 890. The van der Waals surface area contributed by atoms with E-state index in [9.17, 15) is 21.9 Å². The van der Waals surface area contributed by atoms with Gasteiger partial charge in [-0.2, -0.15) is 8.75 Å². The molecule has 21 heavy (non-hydrogen) atoms. The first kappa shape index (κ1) is 14.8. The van der Waals surface area contributed by atoms with Gasteiger partial charge in [-0.3, -0.25) is 0 Å². The summed E-state index contributed by atoms with van der Waals surface area (Å²) in [6.07, 6.45) is -1.25. The SMILES string of the molecule is O=S1(=O)C[C@@H](O)[C@H](NS(=O)(=O)c2cccc3nsnc23)C1. The zero-order valence-electron chi connectivity index (χ0n) is 10.5. The van der Waals surface area contributed by atoms with E-state index >= 15 is 0 Å². The van der Waals surface area contributed by atoms with Gasteiger partial charge in [0.1, 0.15) is 15.9 Å². The molecule has 1 aromatic carbocycles. The first-order valence-corrected chi connectivity index (χ1v) is 9.94. The maximum Gasteiger partial charge on any atom is 0.243 e. The number of aliphatic hydroxyl groups is 1. The van der Waals surface area contributed by atoms with Crippen LogP contribution in [0.25, 0.3) is 11.0 Å². The van der Waals surface area contributed by atoms with Crippen LogP contribution in [0.1, 0.15) is 0 Å². The second-order valence-electron chi connectivity index (χ2n) is 4.76. The molecule has 1 saturated heterocycles. The first-order valence-electron chi connectivity index (χ1n) is 5.91. The van der Waals surface area contributed by atoms with Gasteiger partial charge in [-0.15, -0.1) is 0 Å². The quantitative estimate of drug-likeness (QED) is 0.737. The average molecular weight is 349 g/mol. The smallest absolute Gasteiger partial charge is 0.243 e. The minimum Gasteiger partial charge on any atom is -0.390 e. The average Bonchev–Trinajstić information content (AvgIpc) is 2.92. The maximum absolute atomic E-state index is 12.4. The van der Waals surface area contributed by atoms with Crippen LogP contribution in [-0.2, 0) is 19.9 Å². The molecule has 1 aromatic heterocycles. The van der Waals surface area contributed by atoms with Gasteiger partial charge in [0, 0.05) is 0 Å². The second kappa shape index (κ2) is 4.95. The Morgan fingerprint density at radius 2 is 2.05 bits per heavy atom. The zero-order chi connectivity index (χ0) is 15.3. The number of hydrogen-bond donors (Lipinski definition) is 2. The Morgan fingerprint density at radius 1 is 1.29 bits per heavy atom. The number of benzene rings is 1. The lowest BCUT2D eigenvalue weighted by molar-refractivity contribution is 0.176. The molecule has 1 fully saturated rings. The molecule has 0 bridgehead atoms. The lowest BCUT2D eigenvalue weighted by Crippen LogP contribution is -2.42. The Morgan fingerprint density at radius 3 is 2.71 bits per heavy atom. The summed E-state index contributed by atoms with van der Waals surface area (Å²) in [6, 6.07) is 3.47. The summed E-state index contributed by atoms with van der Waals surface area (Å²) < 4.78 is 57.7. The van der Waals surface area contributed by atoms with E-state index in [1.807, 2.05) is 0 Å². The van der Waals surface area contributed by atoms with Crippen LogP contribution in [0.2, 0.25) is 0 Å². The van der Waals surface area contributed by atoms with Gasteiger partial charge < -0.3 is 5.11 Å². The standard InChI is InChI=1S/C10H11N3O5S3/c14-8-5-20(15,16)4-7(8)13-21(17,18)9-3-1-2-6-10(9)12-19-11-6/h1-3,7-8,13-14H,4-5H2/t7-,8-/m1/s1. The summed E-state index contributed by atoms with van der Waals surface area (Å²) in [5, 5.41) is 9.68. The molecule has 2 aromatic rings. The van der Waals surface area contributed by atoms with Crippen molar-refractivity contribution in [3.05, 3.63) is 18.2 Å². The highest BCUT2D eigenvalue weighted by Gasteiger charge is 2.39. The first-order chi connectivity index (χ1) is 9.78. The number of sulfone groups is 1. The molecule has 11 heteroatoms. The highest BCUT2D eigenvalue weighted by Crippen LogP contribution is 2.22. The molecule has 1 aliphatic rings. The van der Waals surface area contributed by atoms with E-state index in [2.05, 4.69) is 13.5 Å². The lowest BCUT2D eigenvalue weighted by atomic mass is 10.2. The second-order valence-corrected chi connectivity index (χ2v) is 9.12. The molecule has 2 atom stereocenters. The molecule has 2 heterocycles. The predicted octanol–water partition coefficient (Wildman–Crippen LogP) is -0.872. The summed E-state index contributed by atoms with van der Waals surface area (Å²) >= 11 is 0.889. The van der Waals surface area contributed by atoms with Crippen molar-refractivity contribution in [2.24, 2.45) is 0 Å². The summed E-state index contributed by atoms with van der Waals surface area (Å²) in [4.78, 5) is -0.0785. The number of aromatic nitrogens is 2. The number of sulfonamides is 1. The summed E-state index contributed by atoms with van der Waals surface area (Å²) in [5.74, 6) is -0.860. The van der Waals surface area contributed by atoms with Crippen LogP contribution in [0.4, 0.5) is 0 Å². The third-order valence-electron chi connectivity index (χ3n) is 3.17. The fourth-order valence-electron chi connectivity index (χ4n) is 2.20. The van der Waals surface area contributed by atoms with Gasteiger partial charge in [-0.25, -0.2) is 21.6 Å². The van der Waals surface area contributed by atoms with Crippen LogP contribution in [0.15, 0.2) is 23.1 Å². The number of fused-ring (bicyclic) bond motifs is 1. The van der Waals surface area contributed by atoms with E-state index in [4.69, 9.17) is 0 Å². The highest BCUT2D eigenvalue weighted by molar-refractivity contribution is 7.92. The van der Waals surface area contributed by atoms with Crippen LogP contribution >= 0.6 is 11.7 Å². The molecule has 0 spiro atoms. The fourth-order valence-corrected chi connectivity index (χ4v) is 6.09. The van der Waals surface area contributed by atoms with Crippen molar-refractivity contribution in [2.45, 2.75) is 17.0 Å². The molecule has 1 aliphatic heterocycles. The number of nitrogens with one attached hydrogen (secondary N) is 1. The number of hydrogen-bond acceptors (Lipinski definition) is 8. The van der Waals surface area contributed by atoms with Crippen molar-refractivity contribution in [3.63, 3.8) is 0 Å². The Labute approximate surface area is 125 Å². The molecule has 0 amide bonds. The van der Waals surface area contributed by atoms with Crippen molar-refractivity contribution >= 4 is 42.6 Å². The van der Waals surface area contributed by atoms with Gasteiger partial charge in [-0.05, 0) is 12.1 Å². The van der Waals surface area contributed by atoms with Gasteiger partial charge in [0.25, 0.3) is 0 Å². The van der Waals surface area contributed by atoms with Crippen LogP contribution < -0.4 is 4.72 Å². The molecular formula is C10H11N3O5S3. The Balaban J connectivity index is 1.97. The number of rotatable bonds is 3. The van der Waals surface area contributed by atoms with Crippen LogP contribution in [0.3, 0.4) is 0 Å². The molecule has 3 rings (SSSR count). The largest absolute Gasteiger partial charge is 0.390 e.